The van der Waals surface area contributed by atoms with Gasteiger partial charge in [-0.2, -0.15) is 11.3 Å². The van der Waals surface area contributed by atoms with E-state index in [0.29, 0.717) is 6.04 Å². The molecule has 0 radical (unpaired) electrons. The average Bonchev–Trinajstić information content (AvgIpc) is 3.12. The highest BCUT2D eigenvalue weighted by atomic mass is 32.1. The zero-order valence-corrected chi connectivity index (χ0v) is 14.8. The highest BCUT2D eigenvalue weighted by Gasteiger charge is 2.25. The van der Waals surface area contributed by atoms with Crippen LogP contribution < -0.4 is 0 Å². The number of piperazine rings is 1. The molecule has 0 aliphatic carbocycles. The fraction of sp³-hybridized carbons (Fsp3) is 0.588. The maximum absolute atomic E-state index is 9.58. The zero-order chi connectivity index (χ0) is 16.4. The lowest BCUT2D eigenvalue weighted by atomic mass is 10.1. The van der Waals surface area contributed by atoms with E-state index in [9.17, 15) is 5.11 Å². The molecule has 0 unspecified atom stereocenters. The van der Waals surface area contributed by atoms with E-state index in [4.69, 9.17) is 4.42 Å². The molecule has 0 bridgehead atoms. The molecule has 0 spiro atoms. The molecule has 6 heteroatoms. The van der Waals surface area contributed by atoms with Crippen LogP contribution in [0.3, 0.4) is 0 Å². The largest absolute Gasteiger partial charge is 0.441 e. The van der Waals surface area contributed by atoms with E-state index in [2.05, 4.69) is 27.1 Å². The minimum absolute atomic E-state index is 0.269. The van der Waals surface area contributed by atoms with Crippen LogP contribution in [0.25, 0.3) is 11.5 Å². The zero-order valence-electron chi connectivity index (χ0n) is 14.0. The van der Waals surface area contributed by atoms with Gasteiger partial charge in [0.05, 0.1) is 11.8 Å². The summed E-state index contributed by atoms with van der Waals surface area (Å²) in [7, 11) is 0. The van der Waals surface area contributed by atoms with Gasteiger partial charge in [0.15, 0.2) is 0 Å². The number of thiophene rings is 1. The molecule has 1 aliphatic heterocycles. The summed E-state index contributed by atoms with van der Waals surface area (Å²) >= 11 is 1.65. The molecule has 1 aliphatic rings. The van der Waals surface area contributed by atoms with Gasteiger partial charge in [-0.3, -0.25) is 9.80 Å². The van der Waals surface area contributed by atoms with Gasteiger partial charge in [-0.25, -0.2) is 4.98 Å². The van der Waals surface area contributed by atoms with E-state index in [-0.39, 0.29) is 6.10 Å². The fourth-order valence-corrected chi connectivity index (χ4v) is 3.75. The van der Waals surface area contributed by atoms with Crippen molar-refractivity contribution >= 4 is 11.3 Å². The first-order valence-corrected chi connectivity index (χ1v) is 9.10. The Morgan fingerprint density at radius 1 is 1.48 bits per heavy atom. The van der Waals surface area contributed by atoms with Gasteiger partial charge in [0, 0.05) is 49.7 Å². The van der Waals surface area contributed by atoms with Crippen molar-refractivity contribution in [2.24, 2.45) is 0 Å². The summed E-state index contributed by atoms with van der Waals surface area (Å²) in [4.78, 5) is 9.46. The molecular formula is C17H25N3O2S. The third kappa shape index (κ3) is 4.01. The second-order valence-electron chi connectivity index (χ2n) is 6.46. The van der Waals surface area contributed by atoms with E-state index in [1.807, 2.05) is 25.3 Å². The van der Waals surface area contributed by atoms with Gasteiger partial charge in [0.25, 0.3) is 0 Å². The van der Waals surface area contributed by atoms with E-state index in [1.54, 1.807) is 11.3 Å². The third-order valence-corrected chi connectivity index (χ3v) is 5.07. The van der Waals surface area contributed by atoms with Gasteiger partial charge in [0.2, 0.25) is 5.89 Å². The Bertz CT molecular complexity index is 624. The van der Waals surface area contributed by atoms with Crippen LogP contribution in [0.4, 0.5) is 0 Å². The predicted octanol–water partition coefficient (Wildman–Crippen LogP) is 2.60. The number of hydrogen-bond acceptors (Lipinski definition) is 6. The second-order valence-corrected chi connectivity index (χ2v) is 7.24. The van der Waals surface area contributed by atoms with Crippen molar-refractivity contribution in [3.05, 3.63) is 28.3 Å². The Balaban J connectivity index is 1.62. The van der Waals surface area contributed by atoms with Crippen molar-refractivity contribution in [2.75, 3.05) is 26.2 Å². The number of aliphatic hydroxyl groups is 1. The summed E-state index contributed by atoms with van der Waals surface area (Å²) in [5, 5.41) is 13.7. The van der Waals surface area contributed by atoms with Crippen LogP contribution in [-0.4, -0.2) is 58.2 Å². The molecule has 1 saturated heterocycles. The highest BCUT2D eigenvalue weighted by Crippen LogP contribution is 2.25. The first-order valence-electron chi connectivity index (χ1n) is 8.16. The first kappa shape index (κ1) is 16.6. The molecule has 0 aromatic carbocycles. The normalized spacial score (nSPS) is 21.7. The van der Waals surface area contributed by atoms with Gasteiger partial charge < -0.3 is 9.52 Å². The van der Waals surface area contributed by atoms with E-state index < -0.39 is 0 Å². The van der Waals surface area contributed by atoms with E-state index in [0.717, 1.165) is 55.6 Å². The lowest BCUT2D eigenvalue weighted by Crippen LogP contribution is -2.53. The number of oxazole rings is 1. The molecule has 23 heavy (non-hydrogen) atoms. The summed E-state index contributed by atoms with van der Waals surface area (Å²) in [6.07, 6.45) is -0.269. The summed E-state index contributed by atoms with van der Waals surface area (Å²) in [5.41, 5.74) is 2.09. The van der Waals surface area contributed by atoms with Crippen molar-refractivity contribution < 1.29 is 9.52 Å². The SMILES string of the molecule is Cc1oc(-c2ccsc2)nc1CN1CCN(C[C@@H](C)O)[C@@H](C)C1. The highest BCUT2D eigenvalue weighted by molar-refractivity contribution is 7.08. The fourth-order valence-electron chi connectivity index (χ4n) is 3.12. The molecule has 2 aromatic heterocycles. The van der Waals surface area contributed by atoms with Crippen LogP contribution in [0.5, 0.6) is 0 Å². The summed E-state index contributed by atoms with van der Waals surface area (Å²) in [6.45, 7) is 10.6. The van der Waals surface area contributed by atoms with Gasteiger partial charge in [-0.05, 0) is 32.2 Å². The summed E-state index contributed by atoms with van der Waals surface area (Å²) in [6, 6.07) is 2.48. The van der Waals surface area contributed by atoms with Crippen LogP contribution >= 0.6 is 11.3 Å². The van der Waals surface area contributed by atoms with Gasteiger partial charge in [-0.15, -0.1) is 0 Å². The van der Waals surface area contributed by atoms with Crippen LogP contribution in [0.15, 0.2) is 21.2 Å². The smallest absolute Gasteiger partial charge is 0.227 e. The molecule has 2 atom stereocenters. The number of β-amino-alcohol motifs (C(OH)–C–C–N with tert-alkyl or cyclic N) is 1. The number of aliphatic hydroxyl groups excluding tert-OH is 1. The summed E-state index contributed by atoms with van der Waals surface area (Å²) in [5.74, 6) is 1.63. The molecule has 3 rings (SSSR count). The number of rotatable bonds is 5. The first-order chi connectivity index (χ1) is 11.0. The Kier molecular flexibility index (Phi) is 5.16. The average molecular weight is 335 g/mol. The summed E-state index contributed by atoms with van der Waals surface area (Å²) < 4.78 is 5.83. The molecule has 0 saturated carbocycles. The molecule has 1 fully saturated rings. The molecule has 5 nitrogen and oxygen atoms in total. The minimum Gasteiger partial charge on any atom is -0.441 e. The Morgan fingerprint density at radius 3 is 2.96 bits per heavy atom. The lowest BCUT2D eigenvalue weighted by molar-refractivity contribution is 0.0417. The van der Waals surface area contributed by atoms with Crippen LogP contribution in [0.1, 0.15) is 25.3 Å². The quantitative estimate of drug-likeness (QED) is 0.910. The monoisotopic (exact) mass is 335 g/mol. The second kappa shape index (κ2) is 7.13. The van der Waals surface area contributed by atoms with Crippen molar-refractivity contribution in [1.82, 2.24) is 14.8 Å². The van der Waals surface area contributed by atoms with Crippen molar-refractivity contribution in [3.8, 4) is 11.5 Å². The Labute approximate surface area is 141 Å². The van der Waals surface area contributed by atoms with Crippen LogP contribution in [0.2, 0.25) is 0 Å². The molecule has 3 heterocycles. The predicted molar refractivity (Wildman–Crippen MR) is 92.5 cm³/mol. The Morgan fingerprint density at radius 2 is 2.30 bits per heavy atom. The molecule has 1 N–H and O–H groups in total. The molecule has 2 aromatic rings. The Hall–Kier alpha value is -1.21. The number of hydrogen-bond donors (Lipinski definition) is 1. The third-order valence-electron chi connectivity index (χ3n) is 4.38. The van der Waals surface area contributed by atoms with Crippen molar-refractivity contribution in [3.63, 3.8) is 0 Å². The molecular weight excluding hydrogens is 310 g/mol. The maximum atomic E-state index is 9.58. The molecule has 126 valence electrons. The number of nitrogens with zero attached hydrogens (tertiary/aromatic N) is 3. The van der Waals surface area contributed by atoms with Gasteiger partial charge >= 0.3 is 0 Å². The van der Waals surface area contributed by atoms with Crippen LogP contribution in [-0.2, 0) is 6.54 Å². The van der Waals surface area contributed by atoms with E-state index in [1.165, 1.54) is 0 Å². The van der Waals surface area contributed by atoms with E-state index >= 15 is 0 Å². The standard InChI is InChI=1S/C17H25N3O2S/c1-12-8-19(5-6-20(12)9-13(2)21)10-16-14(3)22-17(18-16)15-4-7-23-11-15/h4,7,11-13,21H,5-6,8-10H2,1-3H3/t12-,13+/m0/s1. The lowest BCUT2D eigenvalue weighted by Gasteiger charge is -2.40. The topological polar surface area (TPSA) is 52.7 Å². The van der Waals surface area contributed by atoms with Gasteiger partial charge in [0.1, 0.15) is 5.76 Å². The van der Waals surface area contributed by atoms with Crippen molar-refractivity contribution in [1.29, 1.82) is 0 Å². The number of aryl methyl sites for hydroxylation is 1. The number of aromatic nitrogens is 1. The van der Waals surface area contributed by atoms with Gasteiger partial charge in [-0.1, -0.05) is 0 Å². The maximum Gasteiger partial charge on any atom is 0.227 e. The molecule has 0 amide bonds. The minimum atomic E-state index is -0.269. The van der Waals surface area contributed by atoms with Crippen LogP contribution in [0, 0.1) is 6.92 Å². The van der Waals surface area contributed by atoms with Crippen molar-refractivity contribution in [2.45, 2.75) is 39.5 Å².